The fourth-order valence-corrected chi connectivity index (χ4v) is 4.92. The third-order valence-corrected chi connectivity index (χ3v) is 6.87. The quantitative estimate of drug-likeness (QED) is 0.831. The first-order chi connectivity index (χ1) is 12.6. The molecule has 0 unspecified atom stereocenters. The van der Waals surface area contributed by atoms with Crippen LogP contribution in [0.15, 0.2) is 17.8 Å². The van der Waals surface area contributed by atoms with Gasteiger partial charge < -0.3 is 9.80 Å². The monoisotopic (exact) mass is 370 g/mol. The minimum Gasteiger partial charge on any atom is -0.356 e. The minimum absolute atomic E-state index is 0.328. The van der Waals surface area contributed by atoms with Gasteiger partial charge in [0.2, 0.25) is 5.91 Å². The van der Waals surface area contributed by atoms with Crippen molar-refractivity contribution < 1.29 is 4.79 Å². The molecule has 2 aromatic heterocycles. The van der Waals surface area contributed by atoms with E-state index in [1.54, 1.807) is 6.33 Å². The molecule has 5 nitrogen and oxygen atoms in total. The van der Waals surface area contributed by atoms with E-state index < -0.39 is 0 Å². The Balaban J connectivity index is 1.31. The molecule has 0 radical (unpaired) electrons. The molecule has 0 saturated carbocycles. The van der Waals surface area contributed by atoms with Crippen molar-refractivity contribution in [3.05, 3.63) is 39.5 Å². The number of fused-ring (bicyclic) bond motifs is 1. The Kier molecular flexibility index (Phi) is 4.94. The van der Waals surface area contributed by atoms with Crippen LogP contribution in [0, 0.1) is 19.8 Å². The number of nitrogens with zero attached hydrogens (tertiary/aromatic N) is 4. The molecule has 1 fully saturated rings. The van der Waals surface area contributed by atoms with Gasteiger partial charge >= 0.3 is 0 Å². The number of piperidine rings is 1. The van der Waals surface area contributed by atoms with Crippen LogP contribution < -0.4 is 4.90 Å². The van der Waals surface area contributed by atoms with E-state index in [0.717, 1.165) is 57.0 Å². The number of carbonyl (C=O) groups is 1. The number of anilines is 1. The molecule has 1 amide bonds. The van der Waals surface area contributed by atoms with Crippen molar-refractivity contribution in [3.63, 3.8) is 0 Å². The van der Waals surface area contributed by atoms with Gasteiger partial charge in [0, 0.05) is 48.7 Å². The summed E-state index contributed by atoms with van der Waals surface area (Å²) in [5, 5.41) is 2.14. The van der Waals surface area contributed by atoms with Crippen LogP contribution >= 0.6 is 11.3 Å². The molecular weight excluding hydrogens is 344 g/mol. The van der Waals surface area contributed by atoms with Gasteiger partial charge in [0.25, 0.3) is 0 Å². The van der Waals surface area contributed by atoms with Crippen molar-refractivity contribution in [2.45, 2.75) is 46.1 Å². The van der Waals surface area contributed by atoms with Gasteiger partial charge in [-0.1, -0.05) is 0 Å². The molecule has 0 spiro atoms. The third-order valence-electron chi connectivity index (χ3n) is 5.85. The average Bonchev–Trinajstić information content (AvgIpc) is 3.12. The van der Waals surface area contributed by atoms with Crippen molar-refractivity contribution in [3.8, 4) is 0 Å². The fraction of sp³-hybridized carbons (Fsp3) is 0.550. The van der Waals surface area contributed by atoms with Gasteiger partial charge in [0.1, 0.15) is 12.1 Å². The lowest BCUT2D eigenvalue weighted by Gasteiger charge is -2.35. The van der Waals surface area contributed by atoms with Crippen LogP contribution in [0.4, 0.5) is 5.82 Å². The molecule has 4 rings (SSSR count). The average molecular weight is 371 g/mol. The van der Waals surface area contributed by atoms with Crippen LogP contribution in [0.2, 0.25) is 0 Å². The van der Waals surface area contributed by atoms with Crippen molar-refractivity contribution >= 4 is 23.1 Å². The summed E-state index contributed by atoms with van der Waals surface area (Å²) < 4.78 is 0. The number of aromatic nitrogens is 2. The van der Waals surface area contributed by atoms with Crippen LogP contribution in [0.5, 0.6) is 0 Å². The summed E-state index contributed by atoms with van der Waals surface area (Å²) in [6.07, 6.45) is 5.48. The van der Waals surface area contributed by atoms with E-state index in [2.05, 4.69) is 38.1 Å². The van der Waals surface area contributed by atoms with E-state index >= 15 is 0 Å². The Morgan fingerprint density at radius 1 is 1.23 bits per heavy atom. The highest BCUT2D eigenvalue weighted by atomic mass is 32.1. The summed E-state index contributed by atoms with van der Waals surface area (Å²) in [5.74, 6) is 1.88. The van der Waals surface area contributed by atoms with Crippen LogP contribution in [-0.2, 0) is 17.8 Å². The van der Waals surface area contributed by atoms with Crippen LogP contribution in [0.25, 0.3) is 0 Å². The Labute approximate surface area is 159 Å². The second-order valence-electron chi connectivity index (χ2n) is 7.48. The third kappa shape index (κ3) is 3.47. The zero-order valence-electron chi connectivity index (χ0n) is 15.6. The molecule has 1 saturated heterocycles. The number of thiophene rings is 1. The number of carbonyl (C=O) groups excluding carboxylic acids is 1. The van der Waals surface area contributed by atoms with Crippen LogP contribution in [0.1, 0.15) is 41.0 Å². The maximum atomic E-state index is 12.7. The first kappa shape index (κ1) is 17.5. The van der Waals surface area contributed by atoms with E-state index in [4.69, 9.17) is 0 Å². The van der Waals surface area contributed by atoms with Crippen molar-refractivity contribution in [2.75, 3.05) is 24.5 Å². The van der Waals surface area contributed by atoms with Gasteiger partial charge in [-0.2, -0.15) is 0 Å². The number of hydrogen-bond acceptors (Lipinski definition) is 5. The molecule has 2 aliphatic heterocycles. The predicted octanol–water partition coefficient (Wildman–Crippen LogP) is 3.35. The standard InChI is InChI=1S/C20H26N4OS/c1-14-15(2)21-13-22-20(14)23-7-3-16(4-8-23)11-19(25)24-9-5-18-17(12-24)6-10-26-18/h6,10,13,16H,3-5,7-9,11-12H2,1-2H3. The lowest BCUT2D eigenvalue weighted by Crippen LogP contribution is -2.39. The van der Waals surface area contributed by atoms with Crippen molar-refractivity contribution in [1.29, 1.82) is 0 Å². The molecule has 0 aromatic carbocycles. The van der Waals surface area contributed by atoms with Gasteiger partial charge in [-0.3, -0.25) is 4.79 Å². The van der Waals surface area contributed by atoms with E-state index in [1.165, 1.54) is 16.0 Å². The zero-order valence-corrected chi connectivity index (χ0v) is 16.4. The lowest BCUT2D eigenvalue weighted by molar-refractivity contribution is -0.133. The smallest absolute Gasteiger partial charge is 0.223 e. The Bertz CT molecular complexity index is 795. The molecule has 6 heteroatoms. The van der Waals surface area contributed by atoms with E-state index in [9.17, 15) is 4.79 Å². The maximum absolute atomic E-state index is 12.7. The topological polar surface area (TPSA) is 49.3 Å². The molecule has 0 bridgehead atoms. The summed E-state index contributed by atoms with van der Waals surface area (Å²) in [6.45, 7) is 7.76. The van der Waals surface area contributed by atoms with Gasteiger partial charge in [0.05, 0.1) is 0 Å². The summed E-state index contributed by atoms with van der Waals surface area (Å²) >= 11 is 1.82. The largest absolute Gasteiger partial charge is 0.356 e. The Hall–Kier alpha value is -1.95. The molecule has 0 aliphatic carbocycles. The van der Waals surface area contributed by atoms with Crippen LogP contribution in [-0.4, -0.2) is 40.4 Å². The van der Waals surface area contributed by atoms with E-state index in [1.807, 2.05) is 18.3 Å². The highest BCUT2D eigenvalue weighted by molar-refractivity contribution is 7.10. The van der Waals surface area contributed by atoms with Gasteiger partial charge in [-0.25, -0.2) is 9.97 Å². The number of rotatable bonds is 3. The van der Waals surface area contributed by atoms with Crippen molar-refractivity contribution in [2.24, 2.45) is 5.92 Å². The molecule has 4 heterocycles. The highest BCUT2D eigenvalue weighted by Gasteiger charge is 2.27. The molecule has 0 N–H and O–H groups in total. The van der Waals surface area contributed by atoms with Gasteiger partial charge in [-0.15, -0.1) is 11.3 Å². The first-order valence-corrected chi connectivity index (χ1v) is 10.4. The van der Waals surface area contributed by atoms with E-state index in [-0.39, 0.29) is 0 Å². The molecule has 2 aliphatic rings. The number of amides is 1. The SMILES string of the molecule is Cc1ncnc(N2CCC(CC(=O)N3CCc4sccc4C3)CC2)c1C. The highest BCUT2D eigenvalue weighted by Crippen LogP contribution is 2.29. The Morgan fingerprint density at radius 2 is 2.04 bits per heavy atom. The van der Waals surface area contributed by atoms with Crippen molar-refractivity contribution in [1.82, 2.24) is 14.9 Å². The molecule has 138 valence electrons. The van der Waals surface area contributed by atoms with Gasteiger partial charge in [-0.05, 0) is 56.0 Å². The van der Waals surface area contributed by atoms with E-state index in [0.29, 0.717) is 18.2 Å². The zero-order chi connectivity index (χ0) is 18.1. The molecule has 26 heavy (non-hydrogen) atoms. The van der Waals surface area contributed by atoms with Gasteiger partial charge in [0.15, 0.2) is 0 Å². The maximum Gasteiger partial charge on any atom is 0.223 e. The van der Waals surface area contributed by atoms with Crippen LogP contribution in [0.3, 0.4) is 0 Å². The lowest BCUT2D eigenvalue weighted by atomic mass is 9.92. The predicted molar refractivity (Wildman–Crippen MR) is 105 cm³/mol. The second-order valence-corrected chi connectivity index (χ2v) is 8.48. The molecular formula is C20H26N4OS. The Morgan fingerprint density at radius 3 is 2.85 bits per heavy atom. The fourth-order valence-electron chi connectivity index (χ4n) is 4.03. The summed E-state index contributed by atoms with van der Waals surface area (Å²) in [4.78, 5) is 27.3. The summed E-state index contributed by atoms with van der Waals surface area (Å²) in [6, 6.07) is 2.17. The minimum atomic E-state index is 0.328. The number of hydrogen-bond donors (Lipinski definition) is 0. The first-order valence-electron chi connectivity index (χ1n) is 9.48. The molecule has 2 aromatic rings. The second kappa shape index (κ2) is 7.35. The molecule has 0 atom stereocenters. The normalized spacial score (nSPS) is 18.1. The summed E-state index contributed by atoms with van der Waals surface area (Å²) in [5.41, 5.74) is 3.56. The number of aryl methyl sites for hydroxylation is 1. The summed E-state index contributed by atoms with van der Waals surface area (Å²) in [7, 11) is 0.